The molecule has 0 amide bonds. The van der Waals surface area contributed by atoms with Gasteiger partial charge >= 0.3 is 5.97 Å². The number of hydrogen-bond donors (Lipinski definition) is 3. The number of carboxylic acids is 1. The van der Waals surface area contributed by atoms with Crippen molar-refractivity contribution in [2.45, 2.75) is 13.0 Å². The monoisotopic (exact) mass is 259 g/mol. The number of aromatic amines is 1. The van der Waals surface area contributed by atoms with Crippen molar-refractivity contribution < 1.29 is 9.90 Å². The normalized spacial score (nSPS) is 10.1. The zero-order valence-electron chi connectivity index (χ0n) is 10.1. The van der Waals surface area contributed by atoms with Crippen molar-refractivity contribution in [2.24, 2.45) is 0 Å². The number of rotatable bonds is 5. The Morgan fingerprint density at radius 3 is 2.74 bits per heavy atom. The van der Waals surface area contributed by atoms with E-state index in [0.717, 1.165) is 11.1 Å². The number of benzene rings is 1. The topological polar surface area (TPSA) is 95.1 Å². The molecule has 19 heavy (non-hydrogen) atoms. The summed E-state index contributed by atoms with van der Waals surface area (Å²) in [6.45, 7) is 0.417. The Morgan fingerprint density at radius 1 is 1.32 bits per heavy atom. The summed E-state index contributed by atoms with van der Waals surface area (Å²) in [5.74, 6) is -0.421. The summed E-state index contributed by atoms with van der Waals surface area (Å²) < 4.78 is 0. The third kappa shape index (κ3) is 3.67. The van der Waals surface area contributed by atoms with Crippen molar-refractivity contribution in [1.82, 2.24) is 9.97 Å². The number of H-pyrrole nitrogens is 1. The summed E-state index contributed by atoms with van der Waals surface area (Å²) in [6.07, 6.45) is 1.29. The van der Waals surface area contributed by atoms with Crippen molar-refractivity contribution >= 4 is 11.8 Å². The van der Waals surface area contributed by atoms with Crippen LogP contribution in [0.3, 0.4) is 0 Å². The summed E-state index contributed by atoms with van der Waals surface area (Å²) in [7, 11) is 0. The molecule has 2 rings (SSSR count). The number of anilines is 1. The number of carbonyl (C=O) groups is 1. The highest BCUT2D eigenvalue weighted by molar-refractivity contribution is 5.70. The number of nitrogens with one attached hydrogen (secondary N) is 2. The number of aromatic nitrogens is 2. The average molecular weight is 259 g/mol. The fraction of sp³-hybridized carbons (Fsp3) is 0.154. The summed E-state index contributed by atoms with van der Waals surface area (Å²) in [6, 6.07) is 8.61. The van der Waals surface area contributed by atoms with Gasteiger partial charge in [-0.1, -0.05) is 24.3 Å². The molecule has 6 heteroatoms. The van der Waals surface area contributed by atoms with Crippen LogP contribution in [-0.2, 0) is 17.8 Å². The molecule has 1 aromatic heterocycles. The van der Waals surface area contributed by atoms with E-state index in [-0.39, 0.29) is 12.0 Å². The maximum atomic E-state index is 11.1. The zero-order chi connectivity index (χ0) is 13.7. The van der Waals surface area contributed by atoms with E-state index >= 15 is 0 Å². The van der Waals surface area contributed by atoms with Crippen LogP contribution in [-0.4, -0.2) is 21.0 Å². The van der Waals surface area contributed by atoms with Crippen molar-refractivity contribution in [3.05, 3.63) is 58.1 Å². The van der Waals surface area contributed by atoms with Gasteiger partial charge in [-0.2, -0.15) is 0 Å². The average Bonchev–Trinajstić information content (AvgIpc) is 2.37. The summed E-state index contributed by atoms with van der Waals surface area (Å²) in [5, 5.41) is 11.8. The van der Waals surface area contributed by atoms with E-state index < -0.39 is 5.97 Å². The minimum absolute atomic E-state index is 0.0271. The van der Waals surface area contributed by atoms with Gasteiger partial charge in [0.05, 0.1) is 12.7 Å². The molecule has 6 nitrogen and oxygen atoms in total. The minimum atomic E-state index is -0.873. The van der Waals surface area contributed by atoms with Gasteiger partial charge in [-0.3, -0.25) is 9.59 Å². The molecule has 0 fully saturated rings. The number of carboxylic acid groups (broad SMARTS) is 1. The largest absolute Gasteiger partial charge is 0.481 e. The molecule has 0 saturated heterocycles. The Balaban J connectivity index is 2.11. The lowest BCUT2D eigenvalue weighted by Gasteiger charge is -2.09. The lowest BCUT2D eigenvalue weighted by molar-refractivity contribution is -0.136. The lowest BCUT2D eigenvalue weighted by atomic mass is 10.0. The van der Waals surface area contributed by atoms with Gasteiger partial charge in [0, 0.05) is 12.6 Å². The van der Waals surface area contributed by atoms with E-state index in [4.69, 9.17) is 5.11 Å². The molecular weight excluding hydrogens is 246 g/mol. The molecule has 0 aliphatic heterocycles. The first kappa shape index (κ1) is 12.8. The van der Waals surface area contributed by atoms with Gasteiger partial charge in [0.25, 0.3) is 5.56 Å². The molecule has 1 aromatic carbocycles. The Morgan fingerprint density at radius 2 is 2.05 bits per heavy atom. The summed E-state index contributed by atoms with van der Waals surface area (Å²) in [4.78, 5) is 28.2. The predicted octanol–water partition coefficient (Wildman–Crippen LogP) is 1.01. The number of nitrogens with zero attached hydrogens (tertiary/aromatic N) is 1. The second kappa shape index (κ2) is 5.81. The Kier molecular flexibility index (Phi) is 3.92. The Bertz CT molecular complexity index is 637. The van der Waals surface area contributed by atoms with E-state index in [1.807, 2.05) is 12.1 Å². The predicted molar refractivity (Wildman–Crippen MR) is 70.0 cm³/mol. The quantitative estimate of drug-likeness (QED) is 0.744. The van der Waals surface area contributed by atoms with Crippen LogP contribution in [0.2, 0.25) is 0 Å². The van der Waals surface area contributed by atoms with E-state index in [0.29, 0.717) is 12.4 Å². The van der Waals surface area contributed by atoms with Crippen LogP contribution in [0.4, 0.5) is 5.82 Å². The number of aliphatic carboxylic acids is 1. The van der Waals surface area contributed by atoms with E-state index in [2.05, 4.69) is 15.3 Å². The van der Waals surface area contributed by atoms with Gasteiger partial charge in [0.15, 0.2) is 0 Å². The SMILES string of the molecule is O=C(O)Cc1ccccc1CNc1cc(=O)[nH]cn1. The maximum Gasteiger partial charge on any atom is 0.307 e. The fourth-order valence-corrected chi connectivity index (χ4v) is 1.72. The van der Waals surface area contributed by atoms with Crippen molar-refractivity contribution in [3.8, 4) is 0 Å². The molecule has 0 aliphatic rings. The van der Waals surface area contributed by atoms with Crippen LogP contribution in [0.15, 0.2) is 41.5 Å². The summed E-state index contributed by atoms with van der Waals surface area (Å²) >= 11 is 0. The van der Waals surface area contributed by atoms with E-state index in [1.54, 1.807) is 12.1 Å². The standard InChI is InChI=1S/C13H13N3O3/c17-12-6-11(15-8-16-12)14-7-10-4-2-1-3-9(10)5-13(18)19/h1-4,6,8H,5,7H2,(H,18,19)(H2,14,15,16,17). The molecule has 0 atom stereocenters. The Hall–Kier alpha value is -2.63. The van der Waals surface area contributed by atoms with Crippen LogP contribution in [0.5, 0.6) is 0 Å². The minimum Gasteiger partial charge on any atom is -0.481 e. The van der Waals surface area contributed by atoms with Crippen molar-refractivity contribution in [2.75, 3.05) is 5.32 Å². The van der Waals surface area contributed by atoms with Gasteiger partial charge in [0.1, 0.15) is 5.82 Å². The molecule has 3 N–H and O–H groups in total. The summed E-state index contributed by atoms with van der Waals surface area (Å²) in [5.41, 5.74) is 1.37. The van der Waals surface area contributed by atoms with E-state index in [9.17, 15) is 9.59 Å². The molecule has 0 bridgehead atoms. The van der Waals surface area contributed by atoms with E-state index in [1.165, 1.54) is 12.4 Å². The molecule has 0 radical (unpaired) electrons. The third-order valence-electron chi connectivity index (χ3n) is 2.60. The van der Waals surface area contributed by atoms with Gasteiger partial charge in [-0.15, -0.1) is 0 Å². The van der Waals surface area contributed by atoms with Gasteiger partial charge < -0.3 is 15.4 Å². The molecule has 0 unspecified atom stereocenters. The second-order valence-corrected chi connectivity index (χ2v) is 3.99. The highest BCUT2D eigenvalue weighted by Crippen LogP contribution is 2.11. The second-order valence-electron chi connectivity index (χ2n) is 3.99. The highest BCUT2D eigenvalue weighted by Gasteiger charge is 2.06. The van der Waals surface area contributed by atoms with Gasteiger partial charge in [0.2, 0.25) is 0 Å². The molecular formula is C13H13N3O3. The van der Waals surface area contributed by atoms with Gasteiger partial charge in [-0.05, 0) is 11.1 Å². The maximum absolute atomic E-state index is 11.1. The molecule has 0 spiro atoms. The molecule has 1 heterocycles. The first-order chi connectivity index (χ1) is 9.15. The molecule has 2 aromatic rings. The Labute approximate surface area is 109 Å². The zero-order valence-corrected chi connectivity index (χ0v) is 10.1. The first-order valence-corrected chi connectivity index (χ1v) is 5.72. The van der Waals surface area contributed by atoms with Gasteiger partial charge in [-0.25, -0.2) is 4.98 Å². The fourth-order valence-electron chi connectivity index (χ4n) is 1.72. The smallest absolute Gasteiger partial charge is 0.307 e. The lowest BCUT2D eigenvalue weighted by Crippen LogP contribution is -2.11. The molecule has 98 valence electrons. The van der Waals surface area contributed by atoms with Crippen molar-refractivity contribution in [3.63, 3.8) is 0 Å². The van der Waals surface area contributed by atoms with Crippen LogP contribution >= 0.6 is 0 Å². The van der Waals surface area contributed by atoms with Crippen LogP contribution in [0.1, 0.15) is 11.1 Å². The third-order valence-corrected chi connectivity index (χ3v) is 2.60. The van der Waals surface area contributed by atoms with Crippen LogP contribution in [0.25, 0.3) is 0 Å². The van der Waals surface area contributed by atoms with Crippen LogP contribution < -0.4 is 10.9 Å². The molecule has 0 aliphatic carbocycles. The number of hydrogen-bond acceptors (Lipinski definition) is 4. The van der Waals surface area contributed by atoms with Crippen molar-refractivity contribution in [1.29, 1.82) is 0 Å². The first-order valence-electron chi connectivity index (χ1n) is 5.72. The molecule has 0 saturated carbocycles. The van der Waals surface area contributed by atoms with Crippen LogP contribution in [0, 0.1) is 0 Å². The highest BCUT2D eigenvalue weighted by atomic mass is 16.4.